The number of likely N-dealkylation sites (tertiary alicyclic amines) is 1. The van der Waals surface area contributed by atoms with E-state index in [1.165, 1.54) is 22.5 Å². The fourth-order valence-electron chi connectivity index (χ4n) is 3.63. The molecular weight excluding hydrogens is 400 g/mol. The monoisotopic (exact) mass is 422 g/mol. The van der Waals surface area contributed by atoms with Crippen molar-refractivity contribution < 1.29 is 9.53 Å². The third-order valence-electron chi connectivity index (χ3n) is 5.12. The van der Waals surface area contributed by atoms with E-state index in [1.54, 1.807) is 0 Å². The molecule has 0 bridgehead atoms. The number of hydrogen-bond donors (Lipinski definition) is 0. The molecule has 4 rings (SSSR count). The molecule has 2 fully saturated rings. The normalized spacial score (nSPS) is 24.1. The summed E-state index contributed by atoms with van der Waals surface area (Å²) < 4.78 is 7.78. The van der Waals surface area contributed by atoms with E-state index in [0.29, 0.717) is 11.8 Å². The molecule has 1 saturated carbocycles. The van der Waals surface area contributed by atoms with E-state index in [2.05, 4.69) is 34.1 Å². The van der Waals surface area contributed by atoms with Crippen LogP contribution in [-0.4, -0.2) is 34.7 Å². The third kappa shape index (κ3) is 3.56. The van der Waals surface area contributed by atoms with Gasteiger partial charge in [0.05, 0.1) is 15.2 Å². The molecule has 2 aromatic rings. The number of halogens is 1. The SMILES string of the molecule is CC(C)(C)OC(=O)N1CC(C2CC(c3nc4cc(Br)ccc4s3)C2)C1. The molecule has 25 heavy (non-hydrogen) atoms. The number of ether oxygens (including phenoxy) is 1. The number of carbonyl (C=O) groups is 1. The van der Waals surface area contributed by atoms with Crippen LogP contribution in [0, 0.1) is 11.8 Å². The molecule has 0 radical (unpaired) electrons. The van der Waals surface area contributed by atoms with Gasteiger partial charge in [0.15, 0.2) is 0 Å². The van der Waals surface area contributed by atoms with Crippen molar-refractivity contribution in [2.75, 3.05) is 13.1 Å². The summed E-state index contributed by atoms with van der Waals surface area (Å²) in [5, 5.41) is 1.27. The summed E-state index contributed by atoms with van der Waals surface area (Å²) in [7, 11) is 0. The van der Waals surface area contributed by atoms with Crippen molar-refractivity contribution in [1.29, 1.82) is 0 Å². The average molecular weight is 423 g/mol. The first-order chi connectivity index (χ1) is 11.8. The lowest BCUT2D eigenvalue weighted by molar-refractivity contribution is -0.0225. The zero-order valence-corrected chi connectivity index (χ0v) is 17.2. The molecule has 2 aliphatic rings. The molecule has 0 unspecified atom stereocenters. The average Bonchev–Trinajstić information content (AvgIpc) is 2.79. The van der Waals surface area contributed by atoms with Crippen molar-refractivity contribution in [3.63, 3.8) is 0 Å². The van der Waals surface area contributed by atoms with E-state index in [-0.39, 0.29) is 6.09 Å². The van der Waals surface area contributed by atoms with Gasteiger partial charge in [0.2, 0.25) is 0 Å². The standard InChI is InChI=1S/C19H23BrN2O2S/c1-19(2,3)24-18(23)22-9-13(10-22)11-6-12(7-11)17-21-15-8-14(20)4-5-16(15)25-17/h4-5,8,11-13H,6-7,9-10H2,1-3H3. The fourth-order valence-corrected chi connectivity index (χ4v) is 5.05. The molecular formula is C19H23BrN2O2S. The fraction of sp³-hybridized carbons (Fsp3) is 0.579. The van der Waals surface area contributed by atoms with E-state index in [9.17, 15) is 4.79 Å². The zero-order chi connectivity index (χ0) is 17.8. The number of rotatable bonds is 2. The number of amides is 1. The van der Waals surface area contributed by atoms with Crippen LogP contribution in [0.5, 0.6) is 0 Å². The van der Waals surface area contributed by atoms with Crippen molar-refractivity contribution in [1.82, 2.24) is 9.88 Å². The lowest BCUT2D eigenvalue weighted by Gasteiger charge is -2.48. The molecule has 4 nitrogen and oxygen atoms in total. The second-order valence-electron chi connectivity index (χ2n) is 8.24. The molecule has 6 heteroatoms. The highest BCUT2D eigenvalue weighted by Gasteiger charge is 2.44. The first-order valence-electron chi connectivity index (χ1n) is 8.82. The lowest BCUT2D eigenvalue weighted by atomic mass is 9.66. The minimum Gasteiger partial charge on any atom is -0.444 e. The van der Waals surface area contributed by atoms with E-state index >= 15 is 0 Å². The van der Waals surface area contributed by atoms with Crippen LogP contribution >= 0.6 is 27.3 Å². The van der Waals surface area contributed by atoms with Crippen molar-refractivity contribution in [3.05, 3.63) is 27.7 Å². The molecule has 134 valence electrons. The second-order valence-corrected chi connectivity index (χ2v) is 10.2. The number of fused-ring (bicyclic) bond motifs is 1. The minimum absolute atomic E-state index is 0.170. The molecule has 1 amide bonds. The van der Waals surface area contributed by atoms with Gasteiger partial charge in [-0.2, -0.15) is 0 Å². The summed E-state index contributed by atoms with van der Waals surface area (Å²) in [5.41, 5.74) is 0.684. The summed E-state index contributed by atoms with van der Waals surface area (Å²) in [6.45, 7) is 7.43. The van der Waals surface area contributed by atoms with Crippen LogP contribution in [-0.2, 0) is 4.74 Å². The highest BCUT2D eigenvalue weighted by Crippen LogP contribution is 2.49. The van der Waals surface area contributed by atoms with Crippen molar-refractivity contribution in [2.45, 2.75) is 45.1 Å². The van der Waals surface area contributed by atoms with Gasteiger partial charge in [-0.3, -0.25) is 0 Å². The van der Waals surface area contributed by atoms with E-state index < -0.39 is 5.60 Å². The second kappa shape index (κ2) is 6.23. The Balaban J connectivity index is 1.29. The van der Waals surface area contributed by atoms with Crippen molar-refractivity contribution in [3.8, 4) is 0 Å². The molecule has 0 spiro atoms. The molecule has 0 N–H and O–H groups in total. The molecule has 1 aliphatic heterocycles. The summed E-state index contributed by atoms with van der Waals surface area (Å²) in [4.78, 5) is 18.7. The van der Waals surface area contributed by atoms with Crippen LogP contribution < -0.4 is 0 Å². The van der Waals surface area contributed by atoms with Gasteiger partial charge in [-0.25, -0.2) is 9.78 Å². The Morgan fingerprint density at radius 3 is 2.68 bits per heavy atom. The van der Waals surface area contributed by atoms with E-state index in [0.717, 1.165) is 29.0 Å². The van der Waals surface area contributed by atoms with Gasteiger partial charge in [-0.05, 0) is 63.6 Å². The highest BCUT2D eigenvalue weighted by atomic mass is 79.9. The number of thiazole rings is 1. The molecule has 0 atom stereocenters. The van der Waals surface area contributed by atoms with Crippen LogP contribution in [0.2, 0.25) is 0 Å². The maximum Gasteiger partial charge on any atom is 0.410 e. The van der Waals surface area contributed by atoms with Crippen molar-refractivity contribution >= 4 is 43.6 Å². The summed E-state index contributed by atoms with van der Waals surface area (Å²) in [5.74, 6) is 1.95. The van der Waals surface area contributed by atoms with E-state index in [1.807, 2.05) is 37.0 Å². The van der Waals surface area contributed by atoms with Crippen LogP contribution in [0.3, 0.4) is 0 Å². The van der Waals surface area contributed by atoms with Crippen LogP contribution in [0.25, 0.3) is 10.2 Å². The molecule has 1 aromatic carbocycles. The van der Waals surface area contributed by atoms with Crippen LogP contribution in [0.1, 0.15) is 44.5 Å². The van der Waals surface area contributed by atoms with E-state index in [4.69, 9.17) is 9.72 Å². The molecule has 1 saturated heterocycles. The predicted octanol–water partition coefficient (Wildman–Crippen LogP) is 5.42. The predicted molar refractivity (Wildman–Crippen MR) is 104 cm³/mol. The molecule has 1 aliphatic carbocycles. The van der Waals surface area contributed by atoms with Gasteiger partial charge >= 0.3 is 6.09 Å². The summed E-state index contributed by atoms with van der Waals surface area (Å²) in [6.07, 6.45) is 2.23. The van der Waals surface area contributed by atoms with Gasteiger partial charge in [0.25, 0.3) is 0 Å². The Labute approximate surface area is 160 Å². The smallest absolute Gasteiger partial charge is 0.410 e. The number of hydrogen-bond acceptors (Lipinski definition) is 4. The van der Waals surface area contributed by atoms with Gasteiger partial charge < -0.3 is 9.64 Å². The molecule has 2 heterocycles. The topological polar surface area (TPSA) is 42.4 Å². The molecule has 1 aromatic heterocycles. The number of benzene rings is 1. The van der Waals surface area contributed by atoms with Crippen molar-refractivity contribution in [2.24, 2.45) is 11.8 Å². The van der Waals surface area contributed by atoms with Crippen LogP contribution in [0.15, 0.2) is 22.7 Å². The Morgan fingerprint density at radius 1 is 1.28 bits per heavy atom. The Hall–Kier alpha value is -1.14. The lowest BCUT2D eigenvalue weighted by Crippen LogP contribution is -2.55. The number of nitrogens with zero attached hydrogens (tertiary/aromatic N) is 2. The van der Waals surface area contributed by atoms with Gasteiger partial charge in [0.1, 0.15) is 5.60 Å². The zero-order valence-electron chi connectivity index (χ0n) is 14.8. The third-order valence-corrected chi connectivity index (χ3v) is 6.81. The largest absolute Gasteiger partial charge is 0.444 e. The van der Waals surface area contributed by atoms with Gasteiger partial charge in [0, 0.05) is 23.5 Å². The highest BCUT2D eigenvalue weighted by molar-refractivity contribution is 9.10. The maximum absolute atomic E-state index is 12.0. The van der Waals surface area contributed by atoms with Gasteiger partial charge in [-0.15, -0.1) is 11.3 Å². The first kappa shape index (κ1) is 17.3. The minimum atomic E-state index is -0.411. The summed E-state index contributed by atoms with van der Waals surface area (Å²) >= 11 is 5.34. The number of carbonyl (C=O) groups excluding carboxylic acids is 1. The Kier molecular flexibility index (Phi) is 4.31. The Morgan fingerprint density at radius 2 is 2.00 bits per heavy atom. The Bertz CT molecular complexity index is 801. The maximum atomic E-state index is 12.0. The van der Waals surface area contributed by atoms with Gasteiger partial charge in [-0.1, -0.05) is 15.9 Å². The van der Waals surface area contributed by atoms with Crippen LogP contribution in [0.4, 0.5) is 4.79 Å². The first-order valence-corrected chi connectivity index (χ1v) is 10.4. The quantitative estimate of drug-likeness (QED) is 0.648. The summed E-state index contributed by atoms with van der Waals surface area (Å²) in [6, 6.07) is 6.31. The number of aromatic nitrogens is 1.